The maximum atomic E-state index is 9.94. The van der Waals surface area contributed by atoms with Gasteiger partial charge in [0, 0.05) is 0 Å². The van der Waals surface area contributed by atoms with E-state index in [4.69, 9.17) is 0 Å². The third-order valence-electron chi connectivity index (χ3n) is 4.03. The van der Waals surface area contributed by atoms with Crippen LogP contribution in [0.1, 0.15) is 64.2 Å². The Morgan fingerprint density at radius 3 is 2.23 bits per heavy atom. The Kier molecular flexibility index (Phi) is 2.92. The highest BCUT2D eigenvalue weighted by Crippen LogP contribution is 2.38. The topological polar surface area (TPSA) is 20.2 Å². The lowest BCUT2D eigenvalue weighted by Gasteiger charge is -2.38. The lowest BCUT2D eigenvalue weighted by atomic mass is 9.74. The molecule has 13 heavy (non-hydrogen) atoms. The van der Waals surface area contributed by atoms with Crippen LogP contribution in [0.25, 0.3) is 0 Å². The van der Waals surface area contributed by atoms with Crippen molar-refractivity contribution in [2.45, 2.75) is 69.8 Å². The molecule has 0 atom stereocenters. The first kappa shape index (κ1) is 9.51. The van der Waals surface area contributed by atoms with Gasteiger partial charge in [-0.15, -0.1) is 0 Å². The molecule has 0 amide bonds. The Bertz CT molecular complexity index is 155. The van der Waals surface area contributed by atoms with Gasteiger partial charge in [0.2, 0.25) is 0 Å². The van der Waals surface area contributed by atoms with Gasteiger partial charge in [0.25, 0.3) is 0 Å². The van der Waals surface area contributed by atoms with Crippen molar-refractivity contribution in [1.82, 2.24) is 0 Å². The Morgan fingerprint density at radius 2 is 1.69 bits per heavy atom. The number of hydrogen-bond acceptors (Lipinski definition) is 1. The summed E-state index contributed by atoms with van der Waals surface area (Å²) in [6.45, 7) is 0. The predicted octanol–water partition coefficient (Wildman–Crippen LogP) is 3.26. The summed E-state index contributed by atoms with van der Waals surface area (Å²) in [5.41, 5.74) is -0.225. The van der Waals surface area contributed by atoms with Gasteiger partial charge in [-0.2, -0.15) is 0 Å². The first-order valence-corrected chi connectivity index (χ1v) is 6.01. The fraction of sp³-hybridized carbons (Fsp3) is 1.00. The van der Waals surface area contributed by atoms with Gasteiger partial charge in [-0.25, -0.2) is 0 Å². The van der Waals surface area contributed by atoms with E-state index in [0.717, 1.165) is 25.2 Å². The summed E-state index contributed by atoms with van der Waals surface area (Å²) < 4.78 is 0. The highest BCUT2D eigenvalue weighted by molar-refractivity contribution is 4.88. The average Bonchev–Trinajstić information content (AvgIpc) is 2.13. The van der Waals surface area contributed by atoms with Crippen LogP contribution in [0.3, 0.4) is 0 Å². The average molecular weight is 182 g/mol. The summed E-state index contributed by atoms with van der Waals surface area (Å²) >= 11 is 0. The fourth-order valence-electron chi connectivity index (χ4n) is 2.78. The van der Waals surface area contributed by atoms with Crippen molar-refractivity contribution in [3.8, 4) is 0 Å². The van der Waals surface area contributed by atoms with E-state index in [1.807, 2.05) is 0 Å². The zero-order chi connectivity index (χ0) is 9.15. The Balaban J connectivity index is 1.66. The van der Waals surface area contributed by atoms with Gasteiger partial charge >= 0.3 is 0 Å². The maximum Gasteiger partial charge on any atom is 0.0648 e. The van der Waals surface area contributed by atoms with Gasteiger partial charge in [-0.1, -0.05) is 32.1 Å². The van der Waals surface area contributed by atoms with Gasteiger partial charge in [0.15, 0.2) is 0 Å². The molecule has 2 aliphatic carbocycles. The normalized spacial score (nSPS) is 28.4. The molecule has 0 aliphatic heterocycles. The van der Waals surface area contributed by atoms with E-state index < -0.39 is 0 Å². The molecule has 1 nitrogen and oxygen atoms in total. The van der Waals surface area contributed by atoms with Crippen molar-refractivity contribution in [3.63, 3.8) is 0 Å². The van der Waals surface area contributed by atoms with E-state index in [0.29, 0.717) is 0 Å². The lowest BCUT2D eigenvalue weighted by molar-refractivity contribution is -0.0454. The molecule has 0 saturated heterocycles. The van der Waals surface area contributed by atoms with E-state index in [-0.39, 0.29) is 5.60 Å². The summed E-state index contributed by atoms with van der Waals surface area (Å²) in [5.74, 6) is 0.943. The first-order chi connectivity index (χ1) is 6.29. The summed E-state index contributed by atoms with van der Waals surface area (Å²) in [5, 5.41) is 9.94. The number of hydrogen-bond donors (Lipinski definition) is 1. The maximum absolute atomic E-state index is 9.94. The van der Waals surface area contributed by atoms with Crippen LogP contribution >= 0.6 is 0 Å². The molecule has 0 aromatic carbocycles. The molecule has 0 bridgehead atoms. The molecular formula is C12H22O. The third-order valence-corrected chi connectivity index (χ3v) is 4.03. The molecule has 2 rings (SSSR count). The van der Waals surface area contributed by atoms with Crippen LogP contribution in [0.2, 0.25) is 0 Å². The Hall–Kier alpha value is -0.0400. The standard InChI is InChI=1S/C12H22O/c13-12(8-4-9-12)10-7-11-5-2-1-3-6-11/h11,13H,1-10H2. The Morgan fingerprint density at radius 1 is 1.00 bits per heavy atom. The van der Waals surface area contributed by atoms with Crippen LogP contribution in [0.4, 0.5) is 0 Å². The molecule has 0 unspecified atom stereocenters. The monoisotopic (exact) mass is 182 g/mol. The quantitative estimate of drug-likeness (QED) is 0.710. The van der Waals surface area contributed by atoms with Crippen LogP contribution in [0.15, 0.2) is 0 Å². The van der Waals surface area contributed by atoms with Gasteiger partial charge in [-0.3, -0.25) is 0 Å². The summed E-state index contributed by atoms with van der Waals surface area (Å²) in [6, 6.07) is 0. The minimum atomic E-state index is -0.225. The zero-order valence-corrected chi connectivity index (χ0v) is 8.60. The van der Waals surface area contributed by atoms with Crippen LogP contribution < -0.4 is 0 Å². The van der Waals surface area contributed by atoms with Crippen LogP contribution in [-0.2, 0) is 0 Å². The van der Waals surface area contributed by atoms with Crippen molar-refractivity contribution in [2.75, 3.05) is 0 Å². The summed E-state index contributed by atoms with van der Waals surface area (Å²) in [6.07, 6.45) is 12.9. The highest BCUT2D eigenvalue weighted by Gasteiger charge is 2.34. The molecular weight excluding hydrogens is 160 g/mol. The van der Waals surface area contributed by atoms with Crippen molar-refractivity contribution >= 4 is 0 Å². The third kappa shape index (κ3) is 2.46. The van der Waals surface area contributed by atoms with E-state index in [9.17, 15) is 5.11 Å². The van der Waals surface area contributed by atoms with E-state index in [2.05, 4.69) is 0 Å². The predicted molar refractivity (Wildman–Crippen MR) is 54.6 cm³/mol. The second kappa shape index (κ2) is 4.00. The van der Waals surface area contributed by atoms with Crippen molar-refractivity contribution < 1.29 is 5.11 Å². The van der Waals surface area contributed by atoms with E-state index in [1.165, 1.54) is 44.9 Å². The molecule has 0 aromatic heterocycles. The summed E-state index contributed by atoms with van der Waals surface area (Å²) in [4.78, 5) is 0. The molecule has 2 fully saturated rings. The fourth-order valence-corrected chi connectivity index (χ4v) is 2.78. The van der Waals surface area contributed by atoms with Crippen LogP contribution in [0.5, 0.6) is 0 Å². The van der Waals surface area contributed by atoms with E-state index >= 15 is 0 Å². The van der Waals surface area contributed by atoms with Crippen LogP contribution in [-0.4, -0.2) is 10.7 Å². The van der Waals surface area contributed by atoms with Crippen molar-refractivity contribution in [1.29, 1.82) is 0 Å². The molecule has 2 saturated carbocycles. The molecule has 76 valence electrons. The summed E-state index contributed by atoms with van der Waals surface area (Å²) in [7, 11) is 0. The number of aliphatic hydroxyl groups is 1. The molecule has 0 heterocycles. The first-order valence-electron chi connectivity index (χ1n) is 6.01. The molecule has 0 aromatic rings. The molecule has 1 heteroatoms. The molecule has 0 spiro atoms. The molecule has 0 radical (unpaired) electrons. The van der Waals surface area contributed by atoms with Gasteiger partial charge < -0.3 is 5.11 Å². The SMILES string of the molecule is OC1(CCC2CCCCC2)CCC1. The lowest BCUT2D eigenvalue weighted by Crippen LogP contribution is -2.37. The van der Waals surface area contributed by atoms with E-state index in [1.54, 1.807) is 0 Å². The van der Waals surface area contributed by atoms with Crippen molar-refractivity contribution in [2.24, 2.45) is 5.92 Å². The van der Waals surface area contributed by atoms with Crippen molar-refractivity contribution in [3.05, 3.63) is 0 Å². The van der Waals surface area contributed by atoms with Crippen LogP contribution in [0, 0.1) is 5.92 Å². The highest BCUT2D eigenvalue weighted by atomic mass is 16.3. The largest absolute Gasteiger partial charge is 0.390 e. The second-order valence-corrected chi connectivity index (χ2v) is 5.12. The Labute approximate surface area is 81.5 Å². The second-order valence-electron chi connectivity index (χ2n) is 5.12. The van der Waals surface area contributed by atoms with Gasteiger partial charge in [0.1, 0.15) is 0 Å². The minimum absolute atomic E-state index is 0.225. The van der Waals surface area contributed by atoms with Gasteiger partial charge in [0.05, 0.1) is 5.60 Å². The molecule has 1 N–H and O–H groups in total. The number of rotatable bonds is 3. The van der Waals surface area contributed by atoms with Gasteiger partial charge in [-0.05, 0) is 38.0 Å². The molecule has 2 aliphatic rings. The zero-order valence-electron chi connectivity index (χ0n) is 8.60. The minimum Gasteiger partial charge on any atom is -0.390 e. The smallest absolute Gasteiger partial charge is 0.0648 e.